The Labute approximate surface area is 131 Å². The van der Waals surface area contributed by atoms with Crippen molar-refractivity contribution in [1.29, 1.82) is 0 Å². The van der Waals surface area contributed by atoms with Crippen LogP contribution in [0.4, 0.5) is 0 Å². The number of hydroxylamine groups is 1. The first kappa shape index (κ1) is 14.7. The lowest BCUT2D eigenvalue weighted by Gasteiger charge is -2.07. The summed E-state index contributed by atoms with van der Waals surface area (Å²) < 4.78 is 0. The third-order valence-electron chi connectivity index (χ3n) is 3.86. The standard InChI is InChI=1S/C19H21NO2/c21-18-11-9-15(10-12-18)7-4-8-17-14-19(22-20-17)13-16-5-2-1-3-6-16/h1-3,5-6,9-12,14,19-21H,4,7-8,13H2. The van der Waals surface area contributed by atoms with Gasteiger partial charge in [0, 0.05) is 12.1 Å². The van der Waals surface area contributed by atoms with E-state index in [4.69, 9.17) is 4.84 Å². The summed E-state index contributed by atoms with van der Waals surface area (Å²) in [6.45, 7) is 0. The molecule has 0 bridgehead atoms. The van der Waals surface area contributed by atoms with Crippen LogP contribution < -0.4 is 5.48 Å². The number of phenolic OH excluding ortho intramolecular Hbond substituents is 1. The molecule has 114 valence electrons. The van der Waals surface area contributed by atoms with Gasteiger partial charge < -0.3 is 5.11 Å². The smallest absolute Gasteiger partial charge is 0.115 e. The van der Waals surface area contributed by atoms with E-state index >= 15 is 0 Å². The summed E-state index contributed by atoms with van der Waals surface area (Å²) in [4.78, 5) is 5.61. The molecule has 0 saturated carbocycles. The molecule has 2 aromatic rings. The molecule has 22 heavy (non-hydrogen) atoms. The number of allylic oxidation sites excluding steroid dienone is 1. The van der Waals surface area contributed by atoms with Crippen LogP contribution in [0.15, 0.2) is 66.4 Å². The minimum absolute atomic E-state index is 0.117. The Morgan fingerprint density at radius 1 is 0.909 bits per heavy atom. The van der Waals surface area contributed by atoms with Crippen molar-refractivity contribution >= 4 is 0 Å². The highest BCUT2D eigenvalue weighted by Gasteiger charge is 2.16. The maximum absolute atomic E-state index is 9.27. The van der Waals surface area contributed by atoms with Gasteiger partial charge in [0.05, 0.1) is 0 Å². The maximum atomic E-state index is 9.27. The molecule has 1 heterocycles. The fraction of sp³-hybridized carbons (Fsp3) is 0.263. The van der Waals surface area contributed by atoms with Crippen molar-refractivity contribution in [2.75, 3.05) is 0 Å². The number of phenols is 1. The number of hydrogen-bond acceptors (Lipinski definition) is 3. The van der Waals surface area contributed by atoms with Crippen LogP contribution in [-0.4, -0.2) is 11.2 Å². The maximum Gasteiger partial charge on any atom is 0.115 e. The zero-order valence-electron chi connectivity index (χ0n) is 12.5. The second kappa shape index (κ2) is 7.14. The van der Waals surface area contributed by atoms with Crippen LogP contribution in [0.2, 0.25) is 0 Å². The fourth-order valence-corrected chi connectivity index (χ4v) is 2.67. The van der Waals surface area contributed by atoms with Crippen LogP contribution in [-0.2, 0) is 17.7 Å². The van der Waals surface area contributed by atoms with Crippen LogP contribution in [0.5, 0.6) is 5.75 Å². The van der Waals surface area contributed by atoms with Gasteiger partial charge in [-0.3, -0.25) is 10.3 Å². The van der Waals surface area contributed by atoms with Crippen molar-refractivity contribution in [2.45, 2.75) is 31.8 Å². The second-order valence-corrected chi connectivity index (χ2v) is 5.66. The van der Waals surface area contributed by atoms with Gasteiger partial charge in [0.1, 0.15) is 11.9 Å². The van der Waals surface area contributed by atoms with Crippen molar-refractivity contribution in [1.82, 2.24) is 5.48 Å². The number of rotatable bonds is 6. The van der Waals surface area contributed by atoms with E-state index in [2.05, 4.69) is 35.8 Å². The van der Waals surface area contributed by atoms with Crippen molar-refractivity contribution in [2.24, 2.45) is 0 Å². The second-order valence-electron chi connectivity index (χ2n) is 5.66. The summed E-state index contributed by atoms with van der Waals surface area (Å²) >= 11 is 0. The number of nitrogens with one attached hydrogen (secondary N) is 1. The van der Waals surface area contributed by atoms with Crippen LogP contribution in [0.3, 0.4) is 0 Å². The lowest BCUT2D eigenvalue weighted by Crippen LogP contribution is -2.14. The molecule has 0 aromatic heterocycles. The van der Waals surface area contributed by atoms with Gasteiger partial charge in [0.25, 0.3) is 0 Å². The van der Waals surface area contributed by atoms with Crippen molar-refractivity contribution in [3.05, 3.63) is 77.5 Å². The molecule has 3 nitrogen and oxygen atoms in total. The first-order valence-corrected chi connectivity index (χ1v) is 7.74. The quantitative estimate of drug-likeness (QED) is 0.853. The molecule has 0 amide bonds. The minimum Gasteiger partial charge on any atom is -0.508 e. The SMILES string of the molecule is Oc1ccc(CCCC2=CC(Cc3ccccc3)ON2)cc1. The Kier molecular flexibility index (Phi) is 4.76. The van der Waals surface area contributed by atoms with Gasteiger partial charge in [-0.05, 0) is 48.6 Å². The Morgan fingerprint density at radius 2 is 1.68 bits per heavy atom. The topological polar surface area (TPSA) is 41.5 Å². The van der Waals surface area contributed by atoms with Crippen LogP contribution >= 0.6 is 0 Å². The predicted octanol–water partition coefficient (Wildman–Crippen LogP) is 3.74. The number of benzene rings is 2. The van der Waals surface area contributed by atoms with Gasteiger partial charge >= 0.3 is 0 Å². The monoisotopic (exact) mass is 295 g/mol. The van der Waals surface area contributed by atoms with E-state index in [9.17, 15) is 5.11 Å². The molecule has 3 rings (SSSR count). The Morgan fingerprint density at radius 3 is 2.45 bits per heavy atom. The van der Waals surface area contributed by atoms with Crippen LogP contribution in [0.25, 0.3) is 0 Å². The molecule has 0 aliphatic carbocycles. The molecule has 1 unspecified atom stereocenters. The lowest BCUT2D eigenvalue weighted by molar-refractivity contribution is 0.0417. The third kappa shape index (κ3) is 4.12. The van der Waals surface area contributed by atoms with Crippen LogP contribution in [0.1, 0.15) is 24.0 Å². The molecule has 1 atom stereocenters. The zero-order valence-corrected chi connectivity index (χ0v) is 12.5. The molecule has 3 heteroatoms. The molecule has 0 spiro atoms. The predicted molar refractivity (Wildman–Crippen MR) is 87.3 cm³/mol. The summed E-state index contributed by atoms with van der Waals surface area (Å²) in [7, 11) is 0. The molecule has 1 aliphatic heterocycles. The van der Waals surface area contributed by atoms with Gasteiger partial charge in [-0.25, -0.2) is 0 Å². The Balaban J connectivity index is 1.45. The molecule has 1 aliphatic rings. The molecular weight excluding hydrogens is 274 g/mol. The Hall–Kier alpha value is -2.26. The summed E-state index contributed by atoms with van der Waals surface area (Å²) in [5, 5.41) is 9.27. The van der Waals surface area contributed by atoms with E-state index in [-0.39, 0.29) is 6.10 Å². The zero-order chi connectivity index (χ0) is 15.2. The Bertz CT molecular complexity index is 620. The van der Waals surface area contributed by atoms with Crippen LogP contribution in [0, 0.1) is 0 Å². The highest BCUT2D eigenvalue weighted by atomic mass is 16.7. The van der Waals surface area contributed by atoms with E-state index in [1.807, 2.05) is 18.2 Å². The van der Waals surface area contributed by atoms with Crippen molar-refractivity contribution < 1.29 is 9.94 Å². The highest BCUT2D eigenvalue weighted by Crippen LogP contribution is 2.18. The fourth-order valence-electron chi connectivity index (χ4n) is 2.67. The van der Waals surface area contributed by atoms with Crippen molar-refractivity contribution in [3.8, 4) is 5.75 Å². The van der Waals surface area contributed by atoms with E-state index in [0.717, 1.165) is 25.7 Å². The summed E-state index contributed by atoms with van der Waals surface area (Å²) in [5.74, 6) is 0.320. The average molecular weight is 295 g/mol. The third-order valence-corrected chi connectivity index (χ3v) is 3.86. The minimum atomic E-state index is 0.117. The molecule has 0 radical (unpaired) electrons. The summed E-state index contributed by atoms with van der Waals surface area (Å²) in [5.41, 5.74) is 6.75. The first-order valence-electron chi connectivity index (χ1n) is 7.74. The van der Waals surface area contributed by atoms with E-state index in [1.54, 1.807) is 12.1 Å². The van der Waals surface area contributed by atoms with Gasteiger partial charge in [-0.15, -0.1) is 0 Å². The average Bonchev–Trinajstić information content (AvgIpc) is 2.98. The molecular formula is C19H21NO2. The highest BCUT2D eigenvalue weighted by molar-refractivity contribution is 5.26. The largest absolute Gasteiger partial charge is 0.508 e. The first-order chi connectivity index (χ1) is 10.8. The molecule has 2 aromatic carbocycles. The van der Waals surface area contributed by atoms with E-state index in [0.29, 0.717) is 5.75 Å². The molecule has 0 fully saturated rings. The number of aryl methyl sites for hydroxylation is 1. The van der Waals surface area contributed by atoms with Gasteiger partial charge in [-0.2, -0.15) is 0 Å². The van der Waals surface area contributed by atoms with Gasteiger partial charge in [0.2, 0.25) is 0 Å². The molecule has 2 N–H and O–H groups in total. The van der Waals surface area contributed by atoms with Gasteiger partial charge in [-0.1, -0.05) is 42.5 Å². The van der Waals surface area contributed by atoms with Crippen molar-refractivity contribution in [3.63, 3.8) is 0 Å². The summed E-state index contributed by atoms with van der Waals surface area (Å²) in [6.07, 6.45) is 6.24. The normalized spacial score (nSPS) is 17.1. The van der Waals surface area contributed by atoms with Gasteiger partial charge in [0.15, 0.2) is 0 Å². The number of hydrogen-bond donors (Lipinski definition) is 2. The van der Waals surface area contributed by atoms with E-state index < -0.39 is 0 Å². The lowest BCUT2D eigenvalue weighted by atomic mass is 10.0. The summed E-state index contributed by atoms with van der Waals surface area (Å²) in [6, 6.07) is 17.8. The molecule has 0 saturated heterocycles. The van der Waals surface area contributed by atoms with E-state index in [1.165, 1.54) is 16.8 Å². The number of aromatic hydroxyl groups is 1.